The van der Waals surface area contributed by atoms with Gasteiger partial charge in [0.1, 0.15) is 0 Å². The second-order valence-electron chi connectivity index (χ2n) is 4.97. The Morgan fingerprint density at radius 2 is 2.28 bits per heavy atom. The van der Waals surface area contributed by atoms with E-state index in [-0.39, 0.29) is 16.2 Å². The van der Waals surface area contributed by atoms with Crippen molar-refractivity contribution in [2.24, 2.45) is 0 Å². The summed E-state index contributed by atoms with van der Waals surface area (Å²) in [5, 5.41) is 8.97. The van der Waals surface area contributed by atoms with Gasteiger partial charge in [0, 0.05) is 35.5 Å². The van der Waals surface area contributed by atoms with Crippen molar-refractivity contribution in [1.29, 1.82) is 0 Å². The molecule has 0 unspecified atom stereocenters. The second-order valence-corrected chi connectivity index (χ2v) is 8.71. The van der Waals surface area contributed by atoms with E-state index in [1.54, 1.807) is 11.8 Å². The molecule has 0 aromatic carbocycles. The fourth-order valence-electron chi connectivity index (χ4n) is 1.99. The first-order valence-electron chi connectivity index (χ1n) is 5.77. The zero-order valence-corrected chi connectivity index (χ0v) is 12.1. The van der Waals surface area contributed by atoms with Gasteiger partial charge in [-0.05, 0) is 19.9 Å². The minimum absolute atomic E-state index is 0.0541. The molecule has 2 rings (SSSR count). The van der Waals surface area contributed by atoms with Crippen LogP contribution >= 0.6 is 11.8 Å². The fourth-order valence-corrected chi connectivity index (χ4v) is 4.92. The molecule has 0 bridgehead atoms. The smallest absolute Gasteiger partial charge is 0.244 e. The minimum Gasteiger partial charge on any atom is -0.390 e. The molecule has 0 radical (unpaired) electrons. The van der Waals surface area contributed by atoms with Crippen LogP contribution in [0, 0.1) is 0 Å². The molecule has 1 saturated heterocycles. The van der Waals surface area contributed by atoms with Gasteiger partial charge in [0.15, 0.2) is 0 Å². The summed E-state index contributed by atoms with van der Waals surface area (Å²) in [4.78, 5) is 2.99. The predicted octanol–water partition coefficient (Wildman–Crippen LogP) is 1.02. The fraction of sp³-hybridized carbons (Fsp3) is 0.636. The van der Waals surface area contributed by atoms with Crippen LogP contribution < -0.4 is 0 Å². The summed E-state index contributed by atoms with van der Waals surface area (Å²) < 4.78 is 26.3. The summed E-state index contributed by atoms with van der Waals surface area (Å²) in [6.07, 6.45) is 1.44. The first-order valence-corrected chi connectivity index (χ1v) is 8.20. The van der Waals surface area contributed by atoms with E-state index in [4.69, 9.17) is 5.11 Å². The van der Waals surface area contributed by atoms with Crippen molar-refractivity contribution >= 4 is 21.8 Å². The molecule has 0 amide bonds. The van der Waals surface area contributed by atoms with Gasteiger partial charge >= 0.3 is 0 Å². The van der Waals surface area contributed by atoms with Crippen LogP contribution in [0.4, 0.5) is 0 Å². The average Bonchev–Trinajstić information content (AvgIpc) is 2.76. The summed E-state index contributed by atoms with van der Waals surface area (Å²) in [6, 6.07) is 1.49. The van der Waals surface area contributed by atoms with Crippen molar-refractivity contribution in [1.82, 2.24) is 9.29 Å². The third-order valence-corrected chi connectivity index (χ3v) is 6.04. The molecular weight excluding hydrogens is 272 g/mol. The third kappa shape index (κ3) is 2.74. The highest BCUT2D eigenvalue weighted by Gasteiger charge is 2.34. The van der Waals surface area contributed by atoms with Gasteiger partial charge in [-0.15, -0.1) is 0 Å². The second kappa shape index (κ2) is 4.88. The lowest BCUT2D eigenvalue weighted by atomic mass is 10.2. The van der Waals surface area contributed by atoms with Gasteiger partial charge < -0.3 is 10.1 Å². The van der Waals surface area contributed by atoms with Gasteiger partial charge in [-0.3, -0.25) is 0 Å². The summed E-state index contributed by atoms with van der Waals surface area (Å²) in [6.45, 7) is 4.97. The molecule has 2 N–H and O–H groups in total. The monoisotopic (exact) mass is 290 g/mol. The Morgan fingerprint density at radius 1 is 1.56 bits per heavy atom. The van der Waals surface area contributed by atoms with Crippen LogP contribution in [-0.2, 0) is 16.6 Å². The standard InChI is InChI=1S/C11H18N2O3S2/c1-11(2)8-13(3-4-17-11)18(15,16)10-5-9(7-14)12-6-10/h5-6,12,14H,3-4,7-8H2,1-2H3. The van der Waals surface area contributed by atoms with Crippen molar-refractivity contribution in [3.05, 3.63) is 18.0 Å². The highest BCUT2D eigenvalue weighted by Crippen LogP contribution is 2.32. The van der Waals surface area contributed by atoms with E-state index in [1.807, 2.05) is 0 Å². The Labute approximate surface area is 112 Å². The molecule has 0 spiro atoms. The first kappa shape index (κ1) is 13.9. The minimum atomic E-state index is -3.44. The number of H-pyrrole nitrogens is 1. The third-order valence-electron chi connectivity index (χ3n) is 2.92. The number of sulfonamides is 1. The molecule has 2 heterocycles. The van der Waals surface area contributed by atoms with Crippen molar-refractivity contribution < 1.29 is 13.5 Å². The van der Waals surface area contributed by atoms with Gasteiger partial charge in [-0.2, -0.15) is 16.1 Å². The Morgan fingerprint density at radius 3 is 2.83 bits per heavy atom. The number of hydrogen-bond donors (Lipinski definition) is 2. The van der Waals surface area contributed by atoms with Crippen LogP contribution in [0.2, 0.25) is 0 Å². The van der Waals surface area contributed by atoms with E-state index in [1.165, 1.54) is 16.6 Å². The normalized spacial score (nSPS) is 21.1. The van der Waals surface area contributed by atoms with Gasteiger partial charge in [-0.1, -0.05) is 0 Å². The molecule has 18 heavy (non-hydrogen) atoms. The predicted molar refractivity (Wildman–Crippen MR) is 72.0 cm³/mol. The number of hydrogen-bond acceptors (Lipinski definition) is 4. The topological polar surface area (TPSA) is 73.4 Å². The van der Waals surface area contributed by atoms with E-state index in [9.17, 15) is 8.42 Å². The van der Waals surface area contributed by atoms with Crippen molar-refractivity contribution in [2.45, 2.75) is 30.1 Å². The zero-order valence-electron chi connectivity index (χ0n) is 10.5. The van der Waals surface area contributed by atoms with E-state index in [0.29, 0.717) is 18.8 Å². The Hall–Kier alpha value is -0.500. The van der Waals surface area contributed by atoms with E-state index >= 15 is 0 Å². The molecule has 1 aromatic rings. The molecule has 0 saturated carbocycles. The highest BCUT2D eigenvalue weighted by molar-refractivity contribution is 8.00. The van der Waals surface area contributed by atoms with E-state index < -0.39 is 10.0 Å². The lowest BCUT2D eigenvalue weighted by Crippen LogP contribution is -2.45. The van der Waals surface area contributed by atoms with Gasteiger partial charge in [0.05, 0.1) is 11.5 Å². The number of aliphatic hydroxyl groups is 1. The van der Waals surface area contributed by atoms with Crippen LogP contribution in [0.15, 0.2) is 17.2 Å². The molecule has 1 fully saturated rings. The molecule has 5 nitrogen and oxygen atoms in total. The maximum absolute atomic E-state index is 12.4. The van der Waals surface area contributed by atoms with Crippen LogP contribution in [0.25, 0.3) is 0 Å². The van der Waals surface area contributed by atoms with Crippen molar-refractivity contribution in [3.63, 3.8) is 0 Å². The number of aromatic nitrogens is 1. The largest absolute Gasteiger partial charge is 0.390 e. The molecular formula is C11H18N2O3S2. The molecule has 1 aliphatic rings. The van der Waals surface area contributed by atoms with Crippen LogP contribution in [0.5, 0.6) is 0 Å². The molecule has 7 heteroatoms. The van der Waals surface area contributed by atoms with Gasteiger partial charge in [-0.25, -0.2) is 8.42 Å². The van der Waals surface area contributed by atoms with Crippen molar-refractivity contribution in [2.75, 3.05) is 18.8 Å². The maximum Gasteiger partial charge on any atom is 0.244 e. The number of nitrogens with one attached hydrogen (secondary N) is 1. The SMILES string of the molecule is CC1(C)CN(S(=O)(=O)c2c[nH]c(CO)c2)CCS1. The Bertz CT molecular complexity index is 522. The van der Waals surface area contributed by atoms with E-state index in [2.05, 4.69) is 18.8 Å². The summed E-state index contributed by atoms with van der Waals surface area (Å²) in [5.74, 6) is 0.809. The number of aromatic amines is 1. The number of thioether (sulfide) groups is 1. The van der Waals surface area contributed by atoms with Gasteiger partial charge in [0.25, 0.3) is 0 Å². The van der Waals surface area contributed by atoms with Crippen LogP contribution in [0.3, 0.4) is 0 Å². The Balaban J connectivity index is 2.25. The van der Waals surface area contributed by atoms with Crippen LogP contribution in [-0.4, -0.2) is 46.4 Å². The Kier molecular flexibility index (Phi) is 3.77. The molecule has 0 aliphatic carbocycles. The lowest BCUT2D eigenvalue weighted by molar-refractivity contribution is 0.277. The zero-order chi connectivity index (χ0) is 13.4. The molecule has 0 atom stereocenters. The molecule has 102 valence electrons. The maximum atomic E-state index is 12.4. The number of rotatable bonds is 3. The lowest BCUT2D eigenvalue weighted by Gasteiger charge is -2.36. The molecule has 1 aromatic heterocycles. The summed E-state index contributed by atoms with van der Waals surface area (Å²) in [7, 11) is -3.44. The summed E-state index contributed by atoms with van der Waals surface area (Å²) >= 11 is 1.79. The quantitative estimate of drug-likeness (QED) is 0.872. The number of aliphatic hydroxyl groups excluding tert-OH is 1. The van der Waals surface area contributed by atoms with Gasteiger partial charge in [0.2, 0.25) is 10.0 Å². The first-order chi connectivity index (χ1) is 8.35. The highest BCUT2D eigenvalue weighted by atomic mass is 32.2. The van der Waals surface area contributed by atoms with Crippen LogP contribution in [0.1, 0.15) is 19.5 Å². The average molecular weight is 290 g/mol. The van der Waals surface area contributed by atoms with E-state index in [0.717, 1.165) is 5.75 Å². The molecule has 1 aliphatic heterocycles. The number of nitrogens with zero attached hydrogens (tertiary/aromatic N) is 1. The summed E-state index contributed by atoms with van der Waals surface area (Å²) in [5.41, 5.74) is 0.513. The van der Waals surface area contributed by atoms with Crippen molar-refractivity contribution in [3.8, 4) is 0 Å².